The standard InChI is InChI=1S/C19H22N4OS/c1-22(12-18-6-9-21-24-18)16-7-10-23(11-8-16)17-4-2-15(3-5-17)19-13-25-14-20-19/h2-6,9,13-14,16H,7-8,10-12H2,1H3. The lowest BCUT2D eigenvalue weighted by Gasteiger charge is -2.37. The summed E-state index contributed by atoms with van der Waals surface area (Å²) in [6.45, 7) is 3.00. The lowest BCUT2D eigenvalue weighted by atomic mass is 10.0. The minimum Gasteiger partial charge on any atom is -0.371 e. The third kappa shape index (κ3) is 3.75. The Morgan fingerprint density at radius 3 is 2.64 bits per heavy atom. The third-order valence-corrected chi connectivity index (χ3v) is 5.53. The van der Waals surface area contributed by atoms with Crippen LogP contribution < -0.4 is 4.90 Å². The van der Waals surface area contributed by atoms with E-state index < -0.39 is 0 Å². The zero-order chi connectivity index (χ0) is 17.1. The molecule has 0 N–H and O–H groups in total. The summed E-state index contributed by atoms with van der Waals surface area (Å²) in [6.07, 6.45) is 4.04. The summed E-state index contributed by atoms with van der Waals surface area (Å²) < 4.78 is 5.22. The number of hydrogen-bond donors (Lipinski definition) is 0. The zero-order valence-electron chi connectivity index (χ0n) is 14.3. The van der Waals surface area contributed by atoms with E-state index >= 15 is 0 Å². The zero-order valence-corrected chi connectivity index (χ0v) is 15.2. The van der Waals surface area contributed by atoms with Gasteiger partial charge in [-0.3, -0.25) is 4.90 Å². The summed E-state index contributed by atoms with van der Waals surface area (Å²) in [4.78, 5) is 9.23. The van der Waals surface area contributed by atoms with Crippen LogP contribution in [0.25, 0.3) is 11.3 Å². The molecule has 5 nitrogen and oxygen atoms in total. The molecule has 0 saturated carbocycles. The van der Waals surface area contributed by atoms with Gasteiger partial charge >= 0.3 is 0 Å². The van der Waals surface area contributed by atoms with Crippen molar-refractivity contribution < 1.29 is 4.52 Å². The van der Waals surface area contributed by atoms with Gasteiger partial charge in [0.2, 0.25) is 0 Å². The van der Waals surface area contributed by atoms with E-state index in [2.05, 4.69) is 56.6 Å². The first-order chi connectivity index (χ1) is 12.3. The van der Waals surface area contributed by atoms with E-state index in [1.165, 1.54) is 24.1 Å². The van der Waals surface area contributed by atoms with Crippen molar-refractivity contribution >= 4 is 17.0 Å². The lowest BCUT2D eigenvalue weighted by molar-refractivity contribution is 0.180. The van der Waals surface area contributed by atoms with Gasteiger partial charge in [0.15, 0.2) is 5.76 Å². The fourth-order valence-electron chi connectivity index (χ4n) is 3.46. The smallest absolute Gasteiger partial charge is 0.150 e. The van der Waals surface area contributed by atoms with Gasteiger partial charge in [0.1, 0.15) is 0 Å². The molecule has 2 aromatic heterocycles. The molecule has 130 valence electrons. The van der Waals surface area contributed by atoms with Gasteiger partial charge in [-0.15, -0.1) is 11.3 Å². The first-order valence-electron chi connectivity index (χ1n) is 8.63. The van der Waals surface area contributed by atoms with Crippen LogP contribution >= 0.6 is 11.3 Å². The van der Waals surface area contributed by atoms with Gasteiger partial charge in [0.05, 0.1) is 23.9 Å². The van der Waals surface area contributed by atoms with E-state index in [1.54, 1.807) is 17.5 Å². The van der Waals surface area contributed by atoms with Crippen molar-refractivity contribution in [3.8, 4) is 11.3 Å². The third-order valence-electron chi connectivity index (χ3n) is 4.94. The average Bonchev–Trinajstić information content (AvgIpc) is 3.36. The van der Waals surface area contributed by atoms with Crippen LogP contribution in [0.4, 0.5) is 5.69 Å². The Kier molecular flexibility index (Phi) is 4.81. The lowest BCUT2D eigenvalue weighted by Crippen LogP contribution is -2.43. The van der Waals surface area contributed by atoms with Gasteiger partial charge in [-0.05, 0) is 32.0 Å². The fourth-order valence-corrected chi connectivity index (χ4v) is 4.02. The predicted molar refractivity (Wildman–Crippen MR) is 101 cm³/mol. The molecular weight excluding hydrogens is 332 g/mol. The van der Waals surface area contributed by atoms with Crippen LogP contribution in [0, 0.1) is 0 Å². The number of anilines is 1. The molecule has 1 aliphatic heterocycles. The monoisotopic (exact) mass is 354 g/mol. The molecular formula is C19H22N4OS. The van der Waals surface area contributed by atoms with E-state index in [-0.39, 0.29) is 0 Å². The molecule has 1 aliphatic rings. The van der Waals surface area contributed by atoms with Crippen molar-refractivity contribution in [3.63, 3.8) is 0 Å². The van der Waals surface area contributed by atoms with Gasteiger partial charge in [0, 0.05) is 41.8 Å². The quantitative estimate of drug-likeness (QED) is 0.695. The number of benzene rings is 1. The second-order valence-electron chi connectivity index (χ2n) is 6.53. The maximum absolute atomic E-state index is 5.22. The summed E-state index contributed by atoms with van der Waals surface area (Å²) in [7, 11) is 2.17. The molecule has 0 unspecified atom stereocenters. The van der Waals surface area contributed by atoms with Gasteiger partial charge < -0.3 is 9.42 Å². The molecule has 3 aromatic rings. The largest absolute Gasteiger partial charge is 0.371 e. The van der Waals surface area contributed by atoms with Crippen LogP contribution in [0.15, 0.2) is 51.9 Å². The summed E-state index contributed by atoms with van der Waals surface area (Å²) in [6, 6.07) is 11.3. The molecule has 1 aromatic carbocycles. The van der Waals surface area contributed by atoms with Gasteiger partial charge in [-0.1, -0.05) is 17.3 Å². The Balaban J connectivity index is 1.34. The highest BCUT2D eigenvalue weighted by Gasteiger charge is 2.23. The van der Waals surface area contributed by atoms with Crippen LogP contribution in [0.3, 0.4) is 0 Å². The molecule has 0 radical (unpaired) electrons. The summed E-state index contributed by atoms with van der Waals surface area (Å²) in [5.74, 6) is 0.933. The summed E-state index contributed by atoms with van der Waals surface area (Å²) in [5.41, 5.74) is 5.43. The highest BCUT2D eigenvalue weighted by Crippen LogP contribution is 2.26. The number of piperidine rings is 1. The minimum absolute atomic E-state index is 0.593. The van der Waals surface area contributed by atoms with E-state index in [1.807, 2.05) is 11.6 Å². The summed E-state index contributed by atoms with van der Waals surface area (Å²) >= 11 is 1.63. The molecule has 1 fully saturated rings. The van der Waals surface area contributed by atoms with Crippen molar-refractivity contribution in [1.29, 1.82) is 0 Å². The van der Waals surface area contributed by atoms with Crippen molar-refractivity contribution in [2.45, 2.75) is 25.4 Å². The maximum Gasteiger partial charge on any atom is 0.150 e. The topological polar surface area (TPSA) is 45.4 Å². The first-order valence-corrected chi connectivity index (χ1v) is 9.57. The van der Waals surface area contributed by atoms with Gasteiger partial charge in [-0.2, -0.15) is 0 Å². The Bertz CT molecular complexity index is 762. The number of rotatable bonds is 5. The number of aromatic nitrogens is 2. The molecule has 0 amide bonds. The average molecular weight is 354 g/mol. The van der Waals surface area contributed by atoms with Crippen molar-refractivity contribution in [1.82, 2.24) is 15.0 Å². The van der Waals surface area contributed by atoms with E-state index in [0.29, 0.717) is 6.04 Å². The highest BCUT2D eigenvalue weighted by atomic mass is 32.1. The Hall–Kier alpha value is -2.18. The van der Waals surface area contributed by atoms with E-state index in [0.717, 1.165) is 31.1 Å². The molecule has 1 saturated heterocycles. The molecule has 4 rings (SSSR count). The van der Waals surface area contributed by atoms with Crippen LogP contribution in [0.5, 0.6) is 0 Å². The van der Waals surface area contributed by atoms with Crippen LogP contribution in [-0.2, 0) is 6.54 Å². The van der Waals surface area contributed by atoms with E-state index in [4.69, 9.17) is 4.52 Å². The summed E-state index contributed by atoms with van der Waals surface area (Å²) in [5, 5.41) is 5.87. The van der Waals surface area contributed by atoms with Gasteiger partial charge in [0.25, 0.3) is 0 Å². The number of thiazole rings is 1. The minimum atomic E-state index is 0.593. The molecule has 0 spiro atoms. The second-order valence-corrected chi connectivity index (χ2v) is 7.25. The molecule has 6 heteroatoms. The molecule has 0 bridgehead atoms. The maximum atomic E-state index is 5.22. The van der Waals surface area contributed by atoms with E-state index in [9.17, 15) is 0 Å². The van der Waals surface area contributed by atoms with Crippen molar-refractivity contribution in [2.75, 3.05) is 25.0 Å². The number of nitrogens with zero attached hydrogens (tertiary/aromatic N) is 4. The van der Waals surface area contributed by atoms with Crippen molar-refractivity contribution in [3.05, 3.63) is 53.2 Å². The Morgan fingerprint density at radius 1 is 1.20 bits per heavy atom. The normalized spacial score (nSPS) is 15.8. The predicted octanol–water partition coefficient (Wildman–Crippen LogP) is 3.90. The van der Waals surface area contributed by atoms with Crippen LogP contribution in [0.1, 0.15) is 18.6 Å². The SMILES string of the molecule is CN(Cc1ccno1)C1CCN(c2ccc(-c3cscn3)cc2)CC1. The molecule has 25 heavy (non-hydrogen) atoms. The molecule has 3 heterocycles. The second kappa shape index (κ2) is 7.37. The highest BCUT2D eigenvalue weighted by molar-refractivity contribution is 7.07. The van der Waals surface area contributed by atoms with Gasteiger partial charge in [-0.25, -0.2) is 4.98 Å². The Morgan fingerprint density at radius 2 is 2.00 bits per heavy atom. The molecule has 0 aliphatic carbocycles. The first kappa shape index (κ1) is 16.3. The van der Waals surface area contributed by atoms with Crippen LogP contribution in [-0.4, -0.2) is 41.2 Å². The number of hydrogen-bond acceptors (Lipinski definition) is 6. The Labute approximate surface area is 151 Å². The van der Waals surface area contributed by atoms with Crippen molar-refractivity contribution in [2.24, 2.45) is 0 Å². The van der Waals surface area contributed by atoms with Crippen LogP contribution in [0.2, 0.25) is 0 Å². The fraction of sp³-hybridized carbons (Fsp3) is 0.368. The molecule has 0 atom stereocenters.